The molecule has 4 rings (SSSR count). The number of aryl methyl sites for hydroxylation is 1. The van der Waals surface area contributed by atoms with Crippen molar-refractivity contribution in [3.63, 3.8) is 0 Å². The van der Waals surface area contributed by atoms with E-state index in [1.165, 1.54) is 6.07 Å². The van der Waals surface area contributed by atoms with Crippen LogP contribution < -0.4 is 10.1 Å². The third-order valence-electron chi connectivity index (χ3n) is 4.79. The number of imidazole rings is 1. The van der Waals surface area contributed by atoms with Crippen LogP contribution in [0.1, 0.15) is 17.0 Å². The Kier molecular flexibility index (Phi) is 5.70. The highest BCUT2D eigenvalue weighted by atomic mass is 19.1. The molecule has 4 aromatic rings. The highest BCUT2D eigenvalue weighted by Crippen LogP contribution is 2.22. The minimum Gasteiger partial charge on any atom is -0.438 e. The Morgan fingerprint density at radius 3 is 2.45 bits per heavy atom. The number of ether oxygens (including phenoxy) is 1. The van der Waals surface area contributed by atoms with E-state index in [4.69, 9.17) is 4.74 Å². The maximum absolute atomic E-state index is 13.7. The van der Waals surface area contributed by atoms with Crippen molar-refractivity contribution in [3.8, 4) is 17.4 Å². The zero-order valence-corrected chi connectivity index (χ0v) is 17.0. The van der Waals surface area contributed by atoms with E-state index in [1.54, 1.807) is 60.9 Å². The van der Waals surface area contributed by atoms with Crippen LogP contribution in [0, 0.1) is 19.7 Å². The monoisotopic (exact) mass is 417 g/mol. The second-order valence-corrected chi connectivity index (χ2v) is 6.96. The lowest BCUT2D eigenvalue weighted by molar-refractivity contribution is -0.115. The van der Waals surface area contributed by atoms with Crippen LogP contribution in [0.5, 0.6) is 11.6 Å². The van der Waals surface area contributed by atoms with Gasteiger partial charge in [0.25, 0.3) is 0 Å². The molecule has 2 aromatic heterocycles. The average Bonchev–Trinajstić information content (AvgIpc) is 3.10. The highest BCUT2D eigenvalue weighted by molar-refractivity contribution is 5.92. The first-order valence-electron chi connectivity index (χ1n) is 9.65. The molecule has 0 bridgehead atoms. The quantitative estimate of drug-likeness (QED) is 0.503. The van der Waals surface area contributed by atoms with Crippen molar-refractivity contribution in [2.75, 3.05) is 5.32 Å². The fourth-order valence-corrected chi connectivity index (χ4v) is 2.97. The summed E-state index contributed by atoms with van der Waals surface area (Å²) in [5, 5.41) is 11.0. The lowest BCUT2D eigenvalue weighted by atomic mass is 10.1. The van der Waals surface area contributed by atoms with Crippen molar-refractivity contribution in [2.45, 2.75) is 20.3 Å². The van der Waals surface area contributed by atoms with Crippen LogP contribution in [0.15, 0.2) is 67.0 Å². The van der Waals surface area contributed by atoms with Gasteiger partial charge >= 0.3 is 0 Å². The number of amides is 1. The molecule has 1 N–H and O–H groups in total. The zero-order chi connectivity index (χ0) is 21.8. The largest absolute Gasteiger partial charge is 0.438 e. The molecule has 0 spiro atoms. The fraction of sp³-hybridized carbons (Fsp3) is 0.130. The maximum Gasteiger partial charge on any atom is 0.238 e. The first kappa shape index (κ1) is 20.2. The van der Waals surface area contributed by atoms with E-state index in [0.717, 1.165) is 11.4 Å². The standard InChI is InChI=1S/C23H20FN5O2/c1-15-16(2)29(14-25-15)21-11-12-23(28-27-21)31-19-9-7-18(8-10-19)26-22(30)13-17-5-3-4-6-20(17)24/h3-12,14H,13H2,1-2H3,(H,26,30). The van der Waals surface area contributed by atoms with Crippen molar-refractivity contribution in [1.82, 2.24) is 19.7 Å². The van der Waals surface area contributed by atoms with E-state index in [2.05, 4.69) is 20.5 Å². The second-order valence-electron chi connectivity index (χ2n) is 6.96. The molecule has 31 heavy (non-hydrogen) atoms. The first-order valence-corrected chi connectivity index (χ1v) is 9.65. The molecule has 0 unspecified atom stereocenters. The summed E-state index contributed by atoms with van der Waals surface area (Å²) in [5.41, 5.74) is 2.86. The number of carbonyl (C=O) groups excluding carboxylic acids is 1. The Labute approximate surface area is 178 Å². The van der Waals surface area contributed by atoms with Crippen LogP contribution in [0.2, 0.25) is 0 Å². The molecule has 2 aromatic carbocycles. The maximum atomic E-state index is 13.7. The van der Waals surface area contributed by atoms with Crippen molar-refractivity contribution < 1.29 is 13.9 Å². The van der Waals surface area contributed by atoms with Crippen LogP contribution in [0.3, 0.4) is 0 Å². The van der Waals surface area contributed by atoms with E-state index in [-0.39, 0.29) is 12.3 Å². The topological polar surface area (TPSA) is 81.9 Å². The summed E-state index contributed by atoms with van der Waals surface area (Å²) >= 11 is 0. The van der Waals surface area contributed by atoms with E-state index in [1.807, 2.05) is 18.4 Å². The number of nitrogens with zero attached hydrogens (tertiary/aromatic N) is 4. The summed E-state index contributed by atoms with van der Waals surface area (Å²) in [4.78, 5) is 16.4. The smallest absolute Gasteiger partial charge is 0.238 e. The minimum absolute atomic E-state index is 0.0389. The Morgan fingerprint density at radius 1 is 1.03 bits per heavy atom. The van der Waals surface area contributed by atoms with Crippen LogP contribution in [0.4, 0.5) is 10.1 Å². The number of benzene rings is 2. The summed E-state index contributed by atoms with van der Waals surface area (Å²) in [7, 11) is 0. The molecule has 0 saturated heterocycles. The van der Waals surface area contributed by atoms with E-state index < -0.39 is 5.82 Å². The first-order chi connectivity index (χ1) is 15.0. The van der Waals surface area contributed by atoms with Gasteiger partial charge < -0.3 is 10.1 Å². The third-order valence-corrected chi connectivity index (χ3v) is 4.79. The normalized spacial score (nSPS) is 10.7. The molecule has 2 heterocycles. The van der Waals surface area contributed by atoms with Crippen LogP contribution >= 0.6 is 0 Å². The predicted molar refractivity (Wildman–Crippen MR) is 114 cm³/mol. The van der Waals surface area contributed by atoms with E-state index >= 15 is 0 Å². The number of rotatable bonds is 6. The van der Waals surface area contributed by atoms with Crippen LogP contribution in [-0.4, -0.2) is 25.7 Å². The fourth-order valence-electron chi connectivity index (χ4n) is 2.97. The molecule has 8 heteroatoms. The Bertz CT molecular complexity index is 1200. The van der Waals surface area contributed by atoms with Gasteiger partial charge in [-0.25, -0.2) is 9.37 Å². The number of anilines is 1. The molecular weight excluding hydrogens is 397 g/mol. The van der Waals surface area contributed by atoms with Gasteiger partial charge in [-0.05, 0) is 55.8 Å². The van der Waals surface area contributed by atoms with E-state index in [0.29, 0.717) is 28.7 Å². The molecular formula is C23H20FN5O2. The van der Waals surface area contributed by atoms with Gasteiger partial charge in [0.15, 0.2) is 5.82 Å². The van der Waals surface area contributed by atoms with Gasteiger partial charge in [-0.15, -0.1) is 10.2 Å². The van der Waals surface area contributed by atoms with Gasteiger partial charge in [-0.1, -0.05) is 18.2 Å². The number of nitrogens with one attached hydrogen (secondary N) is 1. The summed E-state index contributed by atoms with van der Waals surface area (Å²) in [6.07, 6.45) is 1.66. The summed E-state index contributed by atoms with van der Waals surface area (Å²) in [5.74, 6) is 0.842. The summed E-state index contributed by atoms with van der Waals surface area (Å²) < 4.78 is 21.2. The lowest BCUT2D eigenvalue weighted by Gasteiger charge is -2.08. The number of carbonyl (C=O) groups is 1. The minimum atomic E-state index is -0.396. The summed E-state index contributed by atoms with van der Waals surface area (Å²) in [6, 6.07) is 16.6. The SMILES string of the molecule is Cc1ncn(-c2ccc(Oc3ccc(NC(=O)Cc4ccccc4F)cc3)nn2)c1C. The third kappa shape index (κ3) is 4.75. The lowest BCUT2D eigenvalue weighted by Crippen LogP contribution is -2.15. The van der Waals surface area contributed by atoms with Crippen LogP contribution in [0.25, 0.3) is 5.82 Å². The molecule has 0 radical (unpaired) electrons. The molecule has 0 aliphatic heterocycles. The van der Waals surface area contributed by atoms with Crippen molar-refractivity contribution in [2.24, 2.45) is 0 Å². The van der Waals surface area contributed by atoms with Crippen molar-refractivity contribution in [1.29, 1.82) is 0 Å². The Balaban J connectivity index is 1.36. The van der Waals surface area contributed by atoms with Gasteiger partial charge in [-0.2, -0.15) is 0 Å². The van der Waals surface area contributed by atoms with Gasteiger partial charge in [0.2, 0.25) is 11.8 Å². The number of aromatic nitrogens is 4. The molecule has 0 atom stereocenters. The predicted octanol–water partition coefficient (Wildman–Crippen LogP) is 4.39. The molecule has 1 amide bonds. The summed E-state index contributed by atoms with van der Waals surface area (Å²) in [6.45, 7) is 3.90. The molecule has 0 aliphatic rings. The number of hydrogen-bond donors (Lipinski definition) is 1. The molecule has 7 nitrogen and oxygen atoms in total. The molecule has 0 saturated carbocycles. The number of halogens is 1. The highest BCUT2D eigenvalue weighted by Gasteiger charge is 2.09. The molecule has 0 fully saturated rings. The van der Waals surface area contributed by atoms with Gasteiger partial charge in [0.05, 0.1) is 12.1 Å². The Morgan fingerprint density at radius 2 is 1.81 bits per heavy atom. The zero-order valence-electron chi connectivity index (χ0n) is 17.0. The molecule has 156 valence electrons. The van der Waals surface area contributed by atoms with E-state index in [9.17, 15) is 9.18 Å². The second kappa shape index (κ2) is 8.74. The molecule has 0 aliphatic carbocycles. The van der Waals surface area contributed by atoms with Gasteiger partial charge in [0.1, 0.15) is 17.9 Å². The van der Waals surface area contributed by atoms with Crippen LogP contribution in [-0.2, 0) is 11.2 Å². The van der Waals surface area contributed by atoms with Gasteiger partial charge in [0, 0.05) is 17.4 Å². The average molecular weight is 417 g/mol. The number of hydrogen-bond acceptors (Lipinski definition) is 5. The Hall–Kier alpha value is -4.07. The van der Waals surface area contributed by atoms with Gasteiger partial charge in [-0.3, -0.25) is 9.36 Å². The van der Waals surface area contributed by atoms with Crippen molar-refractivity contribution >= 4 is 11.6 Å². The van der Waals surface area contributed by atoms with Crippen molar-refractivity contribution in [3.05, 3.63) is 89.8 Å².